The van der Waals surface area contributed by atoms with Crippen molar-refractivity contribution in [2.75, 3.05) is 7.11 Å². The first-order chi connectivity index (χ1) is 8.66. The number of hydrogen-bond acceptors (Lipinski definition) is 1. The molecule has 0 aromatic heterocycles. The van der Waals surface area contributed by atoms with Crippen LogP contribution in [0.2, 0.25) is 0 Å². The van der Waals surface area contributed by atoms with Crippen molar-refractivity contribution in [1.82, 2.24) is 0 Å². The molecule has 2 fully saturated rings. The fourth-order valence-electron chi connectivity index (χ4n) is 4.72. The molecule has 1 heteroatoms. The Kier molecular flexibility index (Phi) is 3.03. The number of hydrogen-bond donors (Lipinski definition) is 0. The van der Waals surface area contributed by atoms with Crippen LogP contribution >= 0.6 is 0 Å². The van der Waals surface area contributed by atoms with Crippen LogP contribution in [-0.2, 0) is 4.74 Å². The summed E-state index contributed by atoms with van der Waals surface area (Å²) >= 11 is 0. The number of allylic oxidation sites excluding steroid dienone is 3. The van der Waals surface area contributed by atoms with Gasteiger partial charge in [0.15, 0.2) is 0 Å². The molecule has 0 saturated heterocycles. The van der Waals surface area contributed by atoms with Crippen molar-refractivity contribution >= 4 is 0 Å². The molecule has 0 amide bonds. The molecular weight excluding hydrogens is 220 g/mol. The van der Waals surface area contributed by atoms with Crippen molar-refractivity contribution in [3.63, 3.8) is 0 Å². The highest BCUT2D eigenvalue weighted by Crippen LogP contribution is 2.58. The van der Waals surface area contributed by atoms with Crippen LogP contribution in [0.25, 0.3) is 0 Å². The minimum absolute atomic E-state index is 0.449. The van der Waals surface area contributed by atoms with Crippen molar-refractivity contribution in [2.24, 2.45) is 16.7 Å². The van der Waals surface area contributed by atoms with E-state index in [1.165, 1.54) is 51.4 Å². The molecule has 100 valence electrons. The molecule has 0 N–H and O–H groups in total. The van der Waals surface area contributed by atoms with Gasteiger partial charge in [0.1, 0.15) is 5.76 Å². The zero-order valence-electron chi connectivity index (χ0n) is 11.9. The number of methoxy groups -OCH3 is 1. The minimum Gasteiger partial charge on any atom is -0.497 e. The normalized spacial score (nSPS) is 43.4. The third-order valence-corrected chi connectivity index (χ3v) is 5.83. The molecule has 2 unspecified atom stereocenters. The van der Waals surface area contributed by atoms with E-state index in [4.69, 9.17) is 4.74 Å². The molecule has 0 aliphatic heterocycles. The third-order valence-electron chi connectivity index (χ3n) is 5.83. The second kappa shape index (κ2) is 4.43. The first kappa shape index (κ1) is 12.3. The van der Waals surface area contributed by atoms with E-state index in [1.54, 1.807) is 7.11 Å². The topological polar surface area (TPSA) is 9.23 Å². The van der Waals surface area contributed by atoms with E-state index in [2.05, 4.69) is 25.2 Å². The highest BCUT2D eigenvalue weighted by atomic mass is 16.5. The molecule has 18 heavy (non-hydrogen) atoms. The summed E-state index contributed by atoms with van der Waals surface area (Å²) in [5, 5.41) is 0. The summed E-state index contributed by atoms with van der Waals surface area (Å²) in [5.74, 6) is 2.05. The molecule has 3 atom stereocenters. The summed E-state index contributed by atoms with van der Waals surface area (Å²) in [7, 11) is 1.77. The number of ether oxygens (including phenoxy) is 1. The first-order valence-corrected chi connectivity index (χ1v) is 7.59. The van der Waals surface area contributed by atoms with Gasteiger partial charge in [-0.25, -0.2) is 0 Å². The van der Waals surface area contributed by atoms with Crippen molar-refractivity contribution in [2.45, 2.75) is 58.3 Å². The smallest absolute Gasteiger partial charge is 0.114 e. The van der Waals surface area contributed by atoms with E-state index in [0.717, 1.165) is 11.7 Å². The summed E-state index contributed by atoms with van der Waals surface area (Å²) in [6, 6.07) is 0. The summed E-state index contributed by atoms with van der Waals surface area (Å²) < 4.78 is 5.33. The maximum Gasteiger partial charge on any atom is 0.114 e. The predicted octanol–water partition coefficient (Wildman–Crippen LogP) is 4.84. The fraction of sp³-hybridized carbons (Fsp3) is 0.765. The van der Waals surface area contributed by atoms with Gasteiger partial charge < -0.3 is 4.74 Å². The second-order valence-electron chi connectivity index (χ2n) is 7.02. The van der Waals surface area contributed by atoms with E-state index in [0.29, 0.717) is 10.8 Å². The van der Waals surface area contributed by atoms with E-state index in [-0.39, 0.29) is 0 Å². The van der Waals surface area contributed by atoms with E-state index < -0.39 is 0 Å². The Hall–Kier alpha value is -0.720. The van der Waals surface area contributed by atoms with Gasteiger partial charge in [-0.1, -0.05) is 25.8 Å². The van der Waals surface area contributed by atoms with Gasteiger partial charge in [0.05, 0.1) is 7.11 Å². The molecule has 1 spiro atoms. The summed E-state index contributed by atoms with van der Waals surface area (Å²) in [4.78, 5) is 0. The summed E-state index contributed by atoms with van der Waals surface area (Å²) in [6.45, 7) is 2.56. The molecule has 0 bridgehead atoms. The second-order valence-corrected chi connectivity index (χ2v) is 7.02. The Labute approximate surface area is 111 Å². The molecular formula is C17H26O. The van der Waals surface area contributed by atoms with Gasteiger partial charge in [0.25, 0.3) is 0 Å². The zero-order chi connectivity index (χ0) is 12.6. The van der Waals surface area contributed by atoms with E-state index in [9.17, 15) is 0 Å². The molecule has 1 nitrogen and oxygen atoms in total. The van der Waals surface area contributed by atoms with Gasteiger partial charge in [-0.3, -0.25) is 0 Å². The van der Waals surface area contributed by atoms with Gasteiger partial charge in [0.2, 0.25) is 0 Å². The molecule has 3 aliphatic rings. The van der Waals surface area contributed by atoms with Gasteiger partial charge in [-0.15, -0.1) is 0 Å². The Morgan fingerprint density at radius 1 is 1.22 bits per heavy atom. The minimum atomic E-state index is 0.449. The lowest BCUT2D eigenvalue weighted by atomic mass is 9.52. The van der Waals surface area contributed by atoms with Crippen molar-refractivity contribution in [3.05, 3.63) is 24.0 Å². The van der Waals surface area contributed by atoms with Crippen LogP contribution < -0.4 is 0 Å². The molecule has 0 aromatic rings. The highest BCUT2D eigenvalue weighted by Gasteiger charge is 2.47. The fourth-order valence-corrected chi connectivity index (χ4v) is 4.72. The quantitative estimate of drug-likeness (QED) is 0.643. The molecule has 0 aromatic carbocycles. The van der Waals surface area contributed by atoms with Crippen LogP contribution in [0.4, 0.5) is 0 Å². The van der Waals surface area contributed by atoms with Crippen LogP contribution in [0.5, 0.6) is 0 Å². The van der Waals surface area contributed by atoms with Gasteiger partial charge in [-0.2, -0.15) is 0 Å². The first-order valence-electron chi connectivity index (χ1n) is 7.59. The number of fused-ring (bicyclic) bond motifs is 1. The van der Waals surface area contributed by atoms with E-state index >= 15 is 0 Å². The number of rotatable bonds is 1. The van der Waals surface area contributed by atoms with Crippen molar-refractivity contribution in [1.29, 1.82) is 0 Å². The van der Waals surface area contributed by atoms with E-state index in [1.807, 2.05) is 0 Å². The van der Waals surface area contributed by atoms with Gasteiger partial charge in [0, 0.05) is 0 Å². The average molecular weight is 246 g/mol. The Bertz CT molecular complexity index is 381. The van der Waals surface area contributed by atoms with Gasteiger partial charge in [-0.05, 0) is 67.4 Å². The lowest BCUT2D eigenvalue weighted by Crippen LogP contribution is -2.42. The highest BCUT2D eigenvalue weighted by molar-refractivity contribution is 5.23. The summed E-state index contributed by atoms with van der Waals surface area (Å²) in [5.41, 5.74) is 1.06. The SMILES string of the molecule is COC1=CCC2(C=C1)CC[C@H]1CCCCC1(C)C2. The zero-order valence-corrected chi connectivity index (χ0v) is 11.9. The van der Waals surface area contributed by atoms with Crippen molar-refractivity contribution < 1.29 is 4.74 Å². The van der Waals surface area contributed by atoms with Crippen LogP contribution in [0, 0.1) is 16.7 Å². The largest absolute Gasteiger partial charge is 0.497 e. The molecule has 2 saturated carbocycles. The molecule has 3 rings (SSSR count). The standard InChI is InChI=1S/C17H26O/c1-16-9-4-3-5-14(16)6-10-17(13-16)11-7-15(18-2)8-12-17/h7-8,11,14H,3-6,9-10,12-13H2,1-2H3/t14-,16?,17?/m1/s1. The van der Waals surface area contributed by atoms with Crippen LogP contribution in [-0.4, -0.2) is 7.11 Å². The lowest BCUT2D eigenvalue weighted by Gasteiger charge is -2.52. The summed E-state index contributed by atoms with van der Waals surface area (Å²) in [6.07, 6.45) is 18.2. The van der Waals surface area contributed by atoms with Crippen LogP contribution in [0.3, 0.4) is 0 Å². The molecule has 0 heterocycles. The van der Waals surface area contributed by atoms with Gasteiger partial charge >= 0.3 is 0 Å². The Balaban J connectivity index is 1.77. The Morgan fingerprint density at radius 2 is 2.11 bits per heavy atom. The lowest BCUT2D eigenvalue weighted by molar-refractivity contribution is 0.00509. The van der Waals surface area contributed by atoms with Crippen LogP contribution in [0.15, 0.2) is 24.0 Å². The predicted molar refractivity (Wildman–Crippen MR) is 75.2 cm³/mol. The molecule has 0 radical (unpaired) electrons. The monoisotopic (exact) mass is 246 g/mol. The average Bonchev–Trinajstić information content (AvgIpc) is 2.38. The van der Waals surface area contributed by atoms with Crippen LogP contribution in [0.1, 0.15) is 58.3 Å². The maximum absolute atomic E-state index is 5.33. The third kappa shape index (κ3) is 2.02. The molecule has 3 aliphatic carbocycles. The Morgan fingerprint density at radius 3 is 2.83 bits per heavy atom. The maximum atomic E-state index is 5.33. The van der Waals surface area contributed by atoms with Crippen molar-refractivity contribution in [3.8, 4) is 0 Å².